The van der Waals surface area contributed by atoms with Crippen LogP contribution in [-0.2, 0) is 23.9 Å². The molecule has 0 fully saturated rings. The molecule has 0 radical (unpaired) electrons. The summed E-state index contributed by atoms with van der Waals surface area (Å²) in [6.45, 7) is 3.32. The number of amides is 1. The molecule has 1 aliphatic heterocycles. The van der Waals surface area contributed by atoms with Crippen LogP contribution in [0, 0.1) is 6.92 Å². The Kier molecular flexibility index (Phi) is 6.79. The lowest BCUT2D eigenvalue weighted by atomic mass is 10.0. The Balaban J connectivity index is 1.70. The Bertz CT molecular complexity index is 960. The summed E-state index contributed by atoms with van der Waals surface area (Å²) in [5, 5.41) is 5.73. The van der Waals surface area contributed by atoms with Crippen molar-refractivity contribution in [1.82, 2.24) is 5.01 Å². The fourth-order valence-electron chi connectivity index (χ4n) is 2.94. The van der Waals surface area contributed by atoms with Gasteiger partial charge in [0.25, 0.3) is 5.91 Å². The number of aryl methyl sites for hydroxylation is 1. The minimum Gasteiger partial charge on any atom is -0.467 e. The molecule has 30 heavy (non-hydrogen) atoms. The molecule has 3 rings (SSSR count). The second kappa shape index (κ2) is 9.69. The molecule has 0 N–H and O–H groups in total. The van der Waals surface area contributed by atoms with E-state index in [1.165, 1.54) is 11.3 Å². The summed E-state index contributed by atoms with van der Waals surface area (Å²) in [5.74, 6) is -1.41. The standard InChI is InChI=1S/C22H22N2O6/c1-3-28-21(26)10-11-22(27)30-14-20(25)24-18(19-5-4-12-29-19)13-17(23-24)16-8-6-15(2)7-9-16/h4-12,18H,3,13-14H2,1-2H3/b11-10+/t18-/m0/s1. The van der Waals surface area contributed by atoms with E-state index in [2.05, 4.69) is 9.84 Å². The van der Waals surface area contributed by atoms with E-state index in [1.807, 2.05) is 31.2 Å². The number of esters is 2. The van der Waals surface area contributed by atoms with Crippen LogP contribution in [0.1, 0.15) is 36.3 Å². The molecule has 156 valence electrons. The van der Waals surface area contributed by atoms with E-state index >= 15 is 0 Å². The lowest BCUT2D eigenvalue weighted by Crippen LogP contribution is -2.31. The van der Waals surface area contributed by atoms with Gasteiger partial charge in [0.1, 0.15) is 11.8 Å². The molecule has 1 atom stereocenters. The van der Waals surface area contributed by atoms with E-state index in [1.54, 1.807) is 19.1 Å². The first-order chi connectivity index (χ1) is 14.5. The first-order valence-electron chi connectivity index (χ1n) is 9.49. The van der Waals surface area contributed by atoms with Gasteiger partial charge in [0.15, 0.2) is 6.61 Å². The summed E-state index contributed by atoms with van der Waals surface area (Å²) in [6.07, 6.45) is 3.87. The van der Waals surface area contributed by atoms with Crippen molar-refractivity contribution in [2.45, 2.75) is 26.3 Å². The highest BCUT2D eigenvalue weighted by molar-refractivity contribution is 6.03. The number of nitrogens with zero attached hydrogens (tertiary/aromatic N) is 2. The summed E-state index contributed by atoms with van der Waals surface area (Å²) >= 11 is 0. The number of hydrogen-bond acceptors (Lipinski definition) is 7. The zero-order chi connectivity index (χ0) is 21.5. The lowest BCUT2D eigenvalue weighted by Gasteiger charge is -2.19. The van der Waals surface area contributed by atoms with Crippen LogP contribution in [0.2, 0.25) is 0 Å². The molecular weight excluding hydrogens is 388 g/mol. The number of furan rings is 1. The van der Waals surface area contributed by atoms with Crippen LogP contribution >= 0.6 is 0 Å². The van der Waals surface area contributed by atoms with Crippen molar-refractivity contribution in [2.75, 3.05) is 13.2 Å². The molecule has 1 amide bonds. The van der Waals surface area contributed by atoms with Crippen LogP contribution in [0.4, 0.5) is 0 Å². The zero-order valence-corrected chi connectivity index (χ0v) is 16.7. The van der Waals surface area contributed by atoms with Crippen LogP contribution in [0.25, 0.3) is 0 Å². The van der Waals surface area contributed by atoms with Gasteiger partial charge in [-0.05, 0) is 31.5 Å². The van der Waals surface area contributed by atoms with E-state index in [-0.39, 0.29) is 6.61 Å². The molecule has 1 aliphatic rings. The second-order valence-corrected chi connectivity index (χ2v) is 6.58. The first kappa shape index (κ1) is 21.0. The second-order valence-electron chi connectivity index (χ2n) is 6.58. The Hall–Kier alpha value is -3.68. The highest BCUT2D eigenvalue weighted by atomic mass is 16.5. The Morgan fingerprint density at radius 2 is 1.83 bits per heavy atom. The van der Waals surface area contributed by atoms with Crippen LogP contribution in [0.5, 0.6) is 0 Å². The summed E-state index contributed by atoms with van der Waals surface area (Å²) < 4.78 is 15.1. The Morgan fingerprint density at radius 1 is 1.13 bits per heavy atom. The molecule has 0 aliphatic carbocycles. The number of carbonyl (C=O) groups is 3. The van der Waals surface area contributed by atoms with Crippen molar-refractivity contribution in [1.29, 1.82) is 0 Å². The van der Waals surface area contributed by atoms with Gasteiger partial charge in [-0.25, -0.2) is 14.6 Å². The van der Waals surface area contributed by atoms with Crippen LogP contribution in [-0.4, -0.2) is 41.8 Å². The number of carbonyl (C=O) groups excluding carboxylic acids is 3. The van der Waals surface area contributed by atoms with Gasteiger partial charge in [0.05, 0.1) is 18.6 Å². The SMILES string of the molecule is CCOC(=O)/C=C/C(=O)OCC(=O)N1N=C(c2ccc(C)cc2)C[C@H]1c1ccco1. The third-order valence-corrected chi connectivity index (χ3v) is 4.40. The molecule has 0 unspecified atom stereocenters. The molecule has 1 aromatic heterocycles. The summed E-state index contributed by atoms with van der Waals surface area (Å²) in [5.41, 5.74) is 2.76. The zero-order valence-electron chi connectivity index (χ0n) is 16.7. The predicted molar refractivity (Wildman–Crippen MR) is 107 cm³/mol. The Morgan fingerprint density at radius 3 is 2.47 bits per heavy atom. The van der Waals surface area contributed by atoms with Gasteiger partial charge in [-0.3, -0.25) is 4.79 Å². The van der Waals surface area contributed by atoms with Crippen molar-refractivity contribution in [3.63, 3.8) is 0 Å². The number of benzene rings is 1. The third kappa shape index (κ3) is 5.22. The van der Waals surface area contributed by atoms with Gasteiger partial charge in [-0.1, -0.05) is 29.8 Å². The summed E-state index contributed by atoms with van der Waals surface area (Å²) in [6, 6.07) is 10.9. The topological polar surface area (TPSA) is 98.4 Å². The molecule has 0 saturated carbocycles. The largest absolute Gasteiger partial charge is 0.467 e. The Labute approximate surface area is 173 Å². The molecule has 0 bridgehead atoms. The fraction of sp³-hybridized carbons (Fsp3) is 0.273. The molecule has 8 nitrogen and oxygen atoms in total. The van der Waals surface area contributed by atoms with Gasteiger partial charge in [-0.2, -0.15) is 5.10 Å². The van der Waals surface area contributed by atoms with E-state index in [0.717, 1.165) is 29.0 Å². The average molecular weight is 410 g/mol. The van der Waals surface area contributed by atoms with Crippen LogP contribution < -0.4 is 0 Å². The number of rotatable bonds is 7. The molecular formula is C22H22N2O6. The average Bonchev–Trinajstić information content (AvgIpc) is 3.41. The predicted octanol–water partition coefficient (Wildman–Crippen LogP) is 2.93. The smallest absolute Gasteiger partial charge is 0.331 e. The maximum Gasteiger partial charge on any atom is 0.331 e. The summed E-state index contributed by atoms with van der Waals surface area (Å²) in [7, 11) is 0. The molecule has 0 spiro atoms. The third-order valence-electron chi connectivity index (χ3n) is 4.40. The first-order valence-corrected chi connectivity index (χ1v) is 9.49. The van der Waals surface area contributed by atoms with Crippen molar-refractivity contribution < 1.29 is 28.3 Å². The monoisotopic (exact) mass is 410 g/mol. The lowest BCUT2D eigenvalue weighted by molar-refractivity contribution is -0.149. The van der Waals surface area contributed by atoms with Crippen molar-refractivity contribution in [3.8, 4) is 0 Å². The van der Waals surface area contributed by atoms with Gasteiger partial charge in [0.2, 0.25) is 0 Å². The molecule has 8 heteroatoms. The molecule has 0 saturated heterocycles. The van der Waals surface area contributed by atoms with Gasteiger partial charge < -0.3 is 13.9 Å². The normalized spacial score (nSPS) is 15.9. The number of hydrazone groups is 1. The van der Waals surface area contributed by atoms with E-state index in [4.69, 9.17) is 9.15 Å². The van der Waals surface area contributed by atoms with Crippen LogP contribution in [0.15, 0.2) is 64.3 Å². The van der Waals surface area contributed by atoms with Gasteiger partial charge in [-0.15, -0.1) is 0 Å². The molecule has 2 aromatic rings. The maximum atomic E-state index is 12.7. The molecule has 1 aromatic carbocycles. The van der Waals surface area contributed by atoms with Gasteiger partial charge in [0, 0.05) is 18.6 Å². The maximum absolute atomic E-state index is 12.7. The number of hydrogen-bond donors (Lipinski definition) is 0. The van der Waals surface area contributed by atoms with Gasteiger partial charge >= 0.3 is 11.9 Å². The van der Waals surface area contributed by atoms with E-state index in [9.17, 15) is 14.4 Å². The van der Waals surface area contributed by atoms with Crippen molar-refractivity contribution in [3.05, 3.63) is 71.7 Å². The molecule has 2 heterocycles. The quantitative estimate of drug-likeness (QED) is 0.514. The fourth-order valence-corrected chi connectivity index (χ4v) is 2.94. The van der Waals surface area contributed by atoms with Crippen LogP contribution in [0.3, 0.4) is 0 Å². The highest BCUT2D eigenvalue weighted by Crippen LogP contribution is 2.33. The minimum atomic E-state index is -0.826. The minimum absolute atomic E-state index is 0.196. The summed E-state index contributed by atoms with van der Waals surface area (Å²) in [4.78, 5) is 35.7. The van der Waals surface area contributed by atoms with Crippen molar-refractivity contribution >= 4 is 23.6 Å². The van der Waals surface area contributed by atoms with E-state index in [0.29, 0.717) is 12.2 Å². The van der Waals surface area contributed by atoms with Crippen molar-refractivity contribution in [2.24, 2.45) is 5.10 Å². The van der Waals surface area contributed by atoms with E-state index < -0.39 is 30.5 Å². The highest BCUT2D eigenvalue weighted by Gasteiger charge is 2.35. The number of ether oxygens (including phenoxy) is 2.